The molecule has 0 aliphatic carbocycles. The summed E-state index contributed by atoms with van der Waals surface area (Å²) in [6.45, 7) is 5.38. The Morgan fingerprint density at radius 1 is 1.14 bits per heavy atom. The van der Waals surface area contributed by atoms with Crippen LogP contribution >= 0.6 is 22.7 Å². The number of amides is 2. The zero-order valence-electron chi connectivity index (χ0n) is 17.3. The number of fused-ring (bicyclic) bond motifs is 1. The van der Waals surface area contributed by atoms with Crippen LogP contribution in [-0.2, 0) is 0 Å². The number of hydrogen-bond donors (Lipinski definition) is 3. The van der Waals surface area contributed by atoms with Gasteiger partial charge in [-0.05, 0) is 13.8 Å². The minimum absolute atomic E-state index is 0. The van der Waals surface area contributed by atoms with Crippen molar-refractivity contribution in [2.24, 2.45) is 0 Å². The number of rotatable bonds is 3. The first-order valence-corrected chi connectivity index (χ1v) is 10.4. The molecule has 4 N–H and O–H groups in total. The Labute approximate surface area is 173 Å². The summed E-state index contributed by atoms with van der Waals surface area (Å²) in [4.78, 5) is 31.8. The summed E-state index contributed by atoms with van der Waals surface area (Å²) in [5, 5.41) is 11.6. The summed E-state index contributed by atoms with van der Waals surface area (Å²) in [6, 6.07) is -0.122. The van der Waals surface area contributed by atoms with Crippen molar-refractivity contribution in [1.29, 1.82) is 0 Å². The Hall–Kier alpha value is -3.05. The molecule has 0 atom stereocenters. The van der Waals surface area contributed by atoms with Crippen LogP contribution in [0.2, 0.25) is 0 Å². The second-order valence-corrected chi connectivity index (χ2v) is 7.54. The van der Waals surface area contributed by atoms with Gasteiger partial charge in [0.15, 0.2) is 5.82 Å². The van der Waals surface area contributed by atoms with Gasteiger partial charge in [-0.25, -0.2) is 24.7 Å². The predicted octanol–water partition coefficient (Wildman–Crippen LogP) is 4.26. The number of carbonyl (C=O) groups excluding carboxylic acids is 1. The molecule has 0 aromatic carbocycles. The Bertz CT molecular complexity index is 1170. The van der Waals surface area contributed by atoms with Crippen molar-refractivity contribution in [3.63, 3.8) is 0 Å². The third kappa shape index (κ3) is 3.08. The number of nitrogens with zero attached hydrogens (tertiary/aromatic N) is 5. The van der Waals surface area contributed by atoms with Gasteiger partial charge in [-0.3, -0.25) is 4.90 Å². The van der Waals surface area contributed by atoms with Crippen LogP contribution in [0.4, 0.5) is 27.8 Å². The maximum absolute atomic E-state index is 11.7. The van der Waals surface area contributed by atoms with E-state index < -0.39 is 0 Å². The molecule has 0 fully saturated rings. The average Bonchev–Trinajstić information content (AvgIpc) is 3.36. The van der Waals surface area contributed by atoms with Gasteiger partial charge in [-0.15, -0.1) is 22.7 Å². The van der Waals surface area contributed by atoms with E-state index in [0.717, 1.165) is 44.2 Å². The van der Waals surface area contributed by atoms with Crippen molar-refractivity contribution in [3.05, 3.63) is 23.4 Å². The number of nitrogen functional groups attached to an aromatic ring is 1. The molecule has 11 heteroatoms. The number of carbonyl (C=O) groups is 1. The van der Waals surface area contributed by atoms with Gasteiger partial charge in [0.1, 0.15) is 28.1 Å². The summed E-state index contributed by atoms with van der Waals surface area (Å²) in [6.07, 6.45) is 3.05. The molecule has 0 saturated carbocycles. The van der Waals surface area contributed by atoms with E-state index in [-0.39, 0.29) is 7.46 Å². The lowest BCUT2D eigenvalue weighted by atomic mass is 10.2. The number of nitrogens with one attached hydrogen (secondary N) is 2. The Balaban J connectivity index is 0.000000200. The molecule has 5 rings (SSSR count). The van der Waals surface area contributed by atoms with Crippen molar-refractivity contribution in [2.45, 2.75) is 13.8 Å². The van der Waals surface area contributed by atoms with Gasteiger partial charge in [-0.1, -0.05) is 0 Å². The van der Waals surface area contributed by atoms with E-state index in [1.165, 1.54) is 29.0 Å². The Kier molecular flexibility index (Phi) is 4.59. The number of thiophene rings is 2. The molecule has 0 spiro atoms. The molecule has 0 saturated heterocycles. The van der Waals surface area contributed by atoms with Gasteiger partial charge in [0, 0.05) is 28.2 Å². The SMILES string of the molecule is CCN1C(=O)Nc2csc3ncnc1c23.CCNc1ncnc2scc(N)c12.[2HH].[2H][2H]. The van der Waals surface area contributed by atoms with Gasteiger partial charge in [0.05, 0.1) is 22.1 Å². The van der Waals surface area contributed by atoms with Crippen LogP contribution in [0.5, 0.6) is 0 Å². The minimum Gasteiger partial charge on any atom is -0.397 e. The Morgan fingerprint density at radius 3 is 2.61 bits per heavy atom. The molecule has 9 nitrogen and oxygen atoms in total. The van der Waals surface area contributed by atoms with E-state index in [0.29, 0.717) is 12.4 Å². The molecule has 28 heavy (non-hydrogen) atoms. The lowest BCUT2D eigenvalue weighted by Gasteiger charge is -2.25. The van der Waals surface area contributed by atoms with Gasteiger partial charge in [-0.2, -0.15) is 0 Å². The number of anilines is 4. The van der Waals surface area contributed by atoms with E-state index in [9.17, 15) is 4.79 Å². The highest BCUT2D eigenvalue weighted by molar-refractivity contribution is 7.17. The molecule has 4 aromatic rings. The van der Waals surface area contributed by atoms with Gasteiger partial charge in [0.2, 0.25) is 0 Å². The molecule has 2 amide bonds. The van der Waals surface area contributed by atoms with Crippen LogP contribution in [0.1, 0.15) is 18.2 Å². The van der Waals surface area contributed by atoms with Gasteiger partial charge in [0.25, 0.3) is 0 Å². The lowest BCUT2D eigenvalue weighted by molar-refractivity contribution is 0.257. The number of hydrogen-bond acceptors (Lipinski definition) is 9. The largest absolute Gasteiger partial charge is 0.397 e. The highest BCUT2D eigenvalue weighted by Gasteiger charge is 2.26. The fourth-order valence-electron chi connectivity index (χ4n) is 2.93. The van der Waals surface area contributed by atoms with E-state index in [1.54, 1.807) is 11.2 Å². The van der Waals surface area contributed by atoms with Crippen LogP contribution in [0, 0.1) is 0 Å². The molecule has 4 aromatic heterocycles. The van der Waals surface area contributed by atoms with Gasteiger partial charge >= 0.3 is 6.03 Å². The maximum atomic E-state index is 11.7. The number of aromatic nitrogens is 4. The first-order valence-electron chi connectivity index (χ1n) is 9.66. The number of urea groups is 1. The topological polar surface area (TPSA) is 122 Å². The maximum Gasteiger partial charge on any atom is 0.327 e. The fraction of sp³-hybridized carbons (Fsp3) is 0.235. The molecule has 0 unspecified atom stereocenters. The van der Waals surface area contributed by atoms with Crippen molar-refractivity contribution < 1.29 is 9.19 Å². The Morgan fingerprint density at radius 2 is 1.86 bits per heavy atom. The van der Waals surface area contributed by atoms with Crippen LogP contribution < -0.4 is 21.3 Å². The standard InChI is InChI=1S/C9H8N4OS.C8H10N4S.2H2/c1-2-13-7-6-5(12-9(13)14)3-15-8(6)11-4-10-7;1-2-10-7-6-5(9)3-13-8(6)12-4-11-7;;/h3-4H,2H2,1H3,(H,12,14);3-4H,2,9H2,1H3,(H,10,11,12);2*1H/i;;1+1D;1+1. The molecule has 0 bridgehead atoms. The van der Waals surface area contributed by atoms with E-state index in [4.69, 9.17) is 8.70 Å². The minimum atomic E-state index is -0.122. The van der Waals surface area contributed by atoms with E-state index in [2.05, 4.69) is 30.6 Å². The van der Waals surface area contributed by atoms with Crippen molar-refractivity contribution in [3.8, 4) is 0 Å². The average molecular weight is 422 g/mol. The van der Waals surface area contributed by atoms with Crippen LogP contribution in [0.3, 0.4) is 0 Å². The number of nitrogens with two attached hydrogens (primary N) is 1. The smallest absolute Gasteiger partial charge is 0.327 e. The molecule has 1 aliphatic rings. The third-order valence-corrected chi connectivity index (χ3v) is 5.94. The first-order chi connectivity index (χ1) is 14.6. The van der Waals surface area contributed by atoms with Gasteiger partial charge < -0.3 is 16.4 Å². The molecular weight excluding hydrogens is 396 g/mol. The first kappa shape index (κ1) is 17.1. The lowest BCUT2D eigenvalue weighted by Crippen LogP contribution is -2.37. The highest BCUT2D eigenvalue weighted by atomic mass is 32.1. The quantitative estimate of drug-likeness (QED) is 0.452. The summed E-state index contributed by atoms with van der Waals surface area (Å²) in [5.41, 5.74) is 7.36. The normalized spacial score (nSPS) is 12.9. The highest BCUT2D eigenvalue weighted by Crippen LogP contribution is 2.38. The monoisotopic (exact) mass is 421 g/mol. The summed E-state index contributed by atoms with van der Waals surface area (Å²) in [5.74, 6) is 1.54. The van der Waals surface area contributed by atoms with Crippen LogP contribution in [0.25, 0.3) is 20.4 Å². The van der Waals surface area contributed by atoms with Crippen molar-refractivity contribution >= 4 is 72.1 Å². The second kappa shape index (κ2) is 7.52. The van der Waals surface area contributed by atoms with E-state index >= 15 is 0 Å². The van der Waals surface area contributed by atoms with Crippen LogP contribution in [0.15, 0.2) is 23.4 Å². The summed E-state index contributed by atoms with van der Waals surface area (Å²) < 4.78 is 10.0. The molecular formula is C17H22N8OS2. The zero-order valence-corrected chi connectivity index (χ0v) is 16.9. The summed E-state index contributed by atoms with van der Waals surface area (Å²) >= 11 is 3.05. The second-order valence-electron chi connectivity index (χ2n) is 5.83. The molecule has 0 radical (unpaired) electrons. The molecule has 1 aliphatic heterocycles. The third-order valence-electron chi connectivity index (χ3n) is 4.15. The predicted molar refractivity (Wildman–Crippen MR) is 120 cm³/mol. The van der Waals surface area contributed by atoms with Crippen LogP contribution in [-0.4, -0.2) is 39.1 Å². The molecule has 5 heterocycles. The zero-order chi connectivity index (χ0) is 21.7. The summed E-state index contributed by atoms with van der Waals surface area (Å²) in [7, 11) is 0. The van der Waals surface area contributed by atoms with Crippen molar-refractivity contribution in [1.82, 2.24) is 19.9 Å². The van der Waals surface area contributed by atoms with E-state index in [1.807, 2.05) is 24.6 Å². The molecule has 148 valence electrons. The van der Waals surface area contributed by atoms with Crippen molar-refractivity contribution in [2.75, 3.05) is 34.4 Å². The fourth-order valence-corrected chi connectivity index (χ4v) is 4.56.